The van der Waals surface area contributed by atoms with Gasteiger partial charge in [0.1, 0.15) is 5.82 Å². The van der Waals surface area contributed by atoms with Gasteiger partial charge in [-0.2, -0.15) is 0 Å². The first-order chi connectivity index (χ1) is 15.8. The highest BCUT2D eigenvalue weighted by atomic mass is 19.1. The van der Waals surface area contributed by atoms with Gasteiger partial charge in [-0.25, -0.2) is 14.0 Å². The van der Waals surface area contributed by atoms with Crippen molar-refractivity contribution in [1.29, 1.82) is 0 Å². The molecule has 3 aromatic rings. The van der Waals surface area contributed by atoms with E-state index in [4.69, 9.17) is 4.74 Å². The summed E-state index contributed by atoms with van der Waals surface area (Å²) in [6.07, 6.45) is 0. The lowest BCUT2D eigenvalue weighted by Gasteiger charge is -2.10. The smallest absolute Gasteiger partial charge is 0.339 e. The molecule has 0 aliphatic heterocycles. The van der Waals surface area contributed by atoms with Crippen molar-refractivity contribution >= 4 is 29.4 Å². The molecule has 2 N–H and O–H groups in total. The predicted octanol–water partition coefficient (Wildman–Crippen LogP) is 4.18. The van der Waals surface area contributed by atoms with Crippen molar-refractivity contribution in [2.24, 2.45) is 0 Å². The molecular formula is C25H21FN2O5. The van der Waals surface area contributed by atoms with Gasteiger partial charge in [0.2, 0.25) is 0 Å². The Morgan fingerprint density at radius 2 is 1.52 bits per heavy atom. The van der Waals surface area contributed by atoms with E-state index in [-0.39, 0.29) is 22.6 Å². The second-order valence-electron chi connectivity index (χ2n) is 7.23. The molecule has 0 heterocycles. The third-order valence-electron chi connectivity index (χ3n) is 4.87. The van der Waals surface area contributed by atoms with Crippen LogP contribution in [0.1, 0.15) is 37.4 Å². The third kappa shape index (κ3) is 5.88. The van der Waals surface area contributed by atoms with Crippen molar-refractivity contribution in [1.82, 2.24) is 5.32 Å². The first kappa shape index (κ1) is 23.3. The molecule has 0 aliphatic carbocycles. The molecule has 33 heavy (non-hydrogen) atoms. The number of hydrogen-bond donors (Lipinski definition) is 2. The van der Waals surface area contributed by atoms with Gasteiger partial charge in [0.15, 0.2) is 12.4 Å². The van der Waals surface area contributed by atoms with Crippen LogP contribution in [0, 0.1) is 19.7 Å². The second-order valence-corrected chi connectivity index (χ2v) is 7.23. The van der Waals surface area contributed by atoms with E-state index in [0.717, 1.165) is 17.2 Å². The Labute approximate surface area is 189 Å². The normalized spacial score (nSPS) is 10.3. The molecule has 0 spiro atoms. The summed E-state index contributed by atoms with van der Waals surface area (Å²) in [7, 11) is 0. The molecule has 0 fully saturated rings. The van der Waals surface area contributed by atoms with Crippen LogP contribution in [0.2, 0.25) is 0 Å². The fraction of sp³-hybridized carbons (Fsp3) is 0.120. The van der Waals surface area contributed by atoms with Gasteiger partial charge in [0.05, 0.1) is 11.3 Å². The molecule has 0 saturated carbocycles. The SMILES string of the molecule is Cc1ccc(C(=O)c2ccccc2C(=O)OCC(=O)NC(=O)Nc2ccccc2F)cc1C. The number of ketones is 1. The Balaban J connectivity index is 1.63. The number of esters is 1. The van der Waals surface area contributed by atoms with E-state index in [1.807, 2.05) is 25.2 Å². The summed E-state index contributed by atoms with van der Waals surface area (Å²) in [5, 5.41) is 4.12. The van der Waals surface area contributed by atoms with Gasteiger partial charge in [0.25, 0.3) is 5.91 Å². The molecule has 0 unspecified atom stereocenters. The van der Waals surface area contributed by atoms with Gasteiger partial charge in [0, 0.05) is 11.1 Å². The quantitative estimate of drug-likeness (QED) is 0.435. The minimum Gasteiger partial charge on any atom is -0.452 e. The van der Waals surface area contributed by atoms with E-state index >= 15 is 0 Å². The van der Waals surface area contributed by atoms with Crippen molar-refractivity contribution in [2.75, 3.05) is 11.9 Å². The molecule has 3 rings (SSSR count). The zero-order valence-corrected chi connectivity index (χ0v) is 18.0. The maximum Gasteiger partial charge on any atom is 0.339 e. The molecule has 0 bridgehead atoms. The minimum atomic E-state index is -0.980. The van der Waals surface area contributed by atoms with Crippen LogP contribution < -0.4 is 10.6 Å². The summed E-state index contributed by atoms with van der Waals surface area (Å²) in [5.41, 5.74) is 2.39. The lowest BCUT2D eigenvalue weighted by Crippen LogP contribution is -2.37. The zero-order valence-electron chi connectivity index (χ0n) is 18.0. The first-order valence-electron chi connectivity index (χ1n) is 9.99. The number of ether oxygens (including phenoxy) is 1. The van der Waals surface area contributed by atoms with Crippen LogP contribution in [0.4, 0.5) is 14.9 Å². The van der Waals surface area contributed by atoms with E-state index in [0.29, 0.717) is 5.56 Å². The fourth-order valence-corrected chi connectivity index (χ4v) is 2.98. The monoisotopic (exact) mass is 448 g/mol. The number of para-hydroxylation sites is 1. The number of aryl methyl sites for hydroxylation is 2. The van der Waals surface area contributed by atoms with Gasteiger partial charge in [-0.3, -0.25) is 14.9 Å². The van der Waals surface area contributed by atoms with Crippen molar-refractivity contribution in [2.45, 2.75) is 13.8 Å². The number of carbonyl (C=O) groups is 4. The average Bonchev–Trinajstić information content (AvgIpc) is 2.80. The van der Waals surface area contributed by atoms with Crippen molar-refractivity contribution in [3.8, 4) is 0 Å². The number of halogens is 1. The van der Waals surface area contributed by atoms with Crippen molar-refractivity contribution in [3.63, 3.8) is 0 Å². The van der Waals surface area contributed by atoms with Crippen LogP contribution in [0.5, 0.6) is 0 Å². The summed E-state index contributed by atoms with van der Waals surface area (Å²) < 4.78 is 18.5. The van der Waals surface area contributed by atoms with E-state index in [1.54, 1.807) is 24.3 Å². The van der Waals surface area contributed by atoms with E-state index < -0.39 is 30.3 Å². The molecule has 0 atom stereocenters. The lowest BCUT2D eigenvalue weighted by molar-refractivity contribution is -0.123. The standard InChI is InChI=1S/C25H21FN2O5/c1-15-11-12-17(13-16(15)2)23(30)18-7-3-4-8-19(18)24(31)33-14-22(29)28-25(32)27-21-10-6-5-9-20(21)26/h3-13H,14H2,1-2H3,(H2,27,28,29,32). The number of urea groups is 1. The highest BCUT2D eigenvalue weighted by Gasteiger charge is 2.20. The molecule has 7 nitrogen and oxygen atoms in total. The highest BCUT2D eigenvalue weighted by molar-refractivity contribution is 6.14. The summed E-state index contributed by atoms with van der Waals surface area (Å²) in [6.45, 7) is 3.04. The van der Waals surface area contributed by atoms with Crippen LogP contribution >= 0.6 is 0 Å². The summed E-state index contributed by atoms with van der Waals surface area (Å²) in [4.78, 5) is 49.3. The number of carbonyl (C=O) groups excluding carboxylic acids is 4. The van der Waals surface area contributed by atoms with Crippen LogP contribution in [0.3, 0.4) is 0 Å². The molecule has 3 aromatic carbocycles. The number of amides is 3. The molecule has 168 valence electrons. The molecule has 0 radical (unpaired) electrons. The number of nitrogens with one attached hydrogen (secondary N) is 2. The van der Waals surface area contributed by atoms with Gasteiger partial charge >= 0.3 is 12.0 Å². The number of hydrogen-bond acceptors (Lipinski definition) is 5. The van der Waals surface area contributed by atoms with Gasteiger partial charge < -0.3 is 10.1 Å². The van der Waals surface area contributed by atoms with Crippen LogP contribution in [-0.2, 0) is 9.53 Å². The largest absolute Gasteiger partial charge is 0.452 e. The topological polar surface area (TPSA) is 102 Å². The summed E-state index contributed by atoms with van der Waals surface area (Å²) in [5.74, 6) is -2.85. The van der Waals surface area contributed by atoms with Crippen molar-refractivity contribution < 1.29 is 28.3 Å². The fourth-order valence-electron chi connectivity index (χ4n) is 2.98. The second kappa shape index (κ2) is 10.3. The number of imide groups is 1. The number of benzene rings is 3. The first-order valence-corrected chi connectivity index (χ1v) is 9.99. The Bertz CT molecular complexity index is 1240. The highest BCUT2D eigenvalue weighted by Crippen LogP contribution is 2.18. The zero-order chi connectivity index (χ0) is 24.0. The maximum atomic E-state index is 13.6. The molecule has 8 heteroatoms. The Kier molecular flexibility index (Phi) is 7.30. The minimum absolute atomic E-state index is 0.00987. The average molecular weight is 448 g/mol. The Hall–Kier alpha value is -4.33. The number of anilines is 1. The van der Waals surface area contributed by atoms with Gasteiger partial charge in [-0.15, -0.1) is 0 Å². The molecular weight excluding hydrogens is 427 g/mol. The van der Waals surface area contributed by atoms with Crippen molar-refractivity contribution in [3.05, 3.63) is 100 Å². The van der Waals surface area contributed by atoms with E-state index in [9.17, 15) is 23.6 Å². The third-order valence-corrected chi connectivity index (χ3v) is 4.87. The van der Waals surface area contributed by atoms with Crippen LogP contribution in [0.25, 0.3) is 0 Å². The molecule has 3 amide bonds. The summed E-state index contributed by atoms with van der Waals surface area (Å²) >= 11 is 0. The van der Waals surface area contributed by atoms with Crippen LogP contribution in [-0.4, -0.2) is 30.3 Å². The van der Waals surface area contributed by atoms with Gasteiger partial charge in [-0.1, -0.05) is 42.5 Å². The number of rotatable bonds is 6. The van der Waals surface area contributed by atoms with Crippen LogP contribution in [0.15, 0.2) is 66.7 Å². The molecule has 0 aliphatic rings. The van der Waals surface area contributed by atoms with E-state index in [1.165, 1.54) is 30.3 Å². The molecule has 0 aromatic heterocycles. The van der Waals surface area contributed by atoms with E-state index in [2.05, 4.69) is 5.32 Å². The lowest BCUT2D eigenvalue weighted by atomic mass is 9.96. The molecule has 0 saturated heterocycles. The summed E-state index contributed by atoms with van der Waals surface area (Å²) in [6, 6.07) is 15.8. The van der Waals surface area contributed by atoms with Gasteiger partial charge in [-0.05, 0) is 49.2 Å². The Morgan fingerprint density at radius 3 is 2.21 bits per heavy atom. The predicted molar refractivity (Wildman–Crippen MR) is 120 cm³/mol. The Morgan fingerprint density at radius 1 is 0.848 bits per heavy atom. The maximum absolute atomic E-state index is 13.6.